The Bertz CT molecular complexity index is 909. The molecule has 0 bridgehead atoms. The average Bonchev–Trinajstić information content (AvgIpc) is 2.65. The SMILES string of the molecule is CCCCCOc1cccc(NC(=O)c2nc3cccnc3cc2C)c1. The van der Waals surface area contributed by atoms with Crippen LogP contribution in [0.4, 0.5) is 5.69 Å². The first-order valence-corrected chi connectivity index (χ1v) is 8.94. The molecule has 26 heavy (non-hydrogen) atoms. The van der Waals surface area contributed by atoms with Gasteiger partial charge in [0, 0.05) is 18.0 Å². The molecule has 0 aliphatic heterocycles. The fourth-order valence-electron chi connectivity index (χ4n) is 2.72. The molecule has 0 spiro atoms. The summed E-state index contributed by atoms with van der Waals surface area (Å²) in [6, 6.07) is 13.0. The third-order valence-corrected chi connectivity index (χ3v) is 4.10. The fourth-order valence-corrected chi connectivity index (χ4v) is 2.72. The summed E-state index contributed by atoms with van der Waals surface area (Å²) in [6.45, 7) is 4.71. The van der Waals surface area contributed by atoms with Crippen LogP contribution in [0.5, 0.6) is 5.75 Å². The van der Waals surface area contributed by atoms with Gasteiger partial charge >= 0.3 is 0 Å². The summed E-state index contributed by atoms with van der Waals surface area (Å²) in [6.07, 6.45) is 5.06. The normalized spacial score (nSPS) is 10.7. The predicted molar refractivity (Wildman–Crippen MR) is 104 cm³/mol. The molecule has 1 amide bonds. The number of hydrogen-bond donors (Lipinski definition) is 1. The van der Waals surface area contributed by atoms with E-state index in [1.807, 2.05) is 49.4 Å². The molecule has 134 valence electrons. The smallest absolute Gasteiger partial charge is 0.274 e. The van der Waals surface area contributed by atoms with Crippen molar-refractivity contribution in [1.82, 2.24) is 9.97 Å². The molecule has 1 N–H and O–H groups in total. The number of nitrogens with zero attached hydrogens (tertiary/aromatic N) is 2. The Labute approximate surface area is 153 Å². The Balaban J connectivity index is 1.72. The fraction of sp³-hybridized carbons (Fsp3) is 0.286. The van der Waals surface area contributed by atoms with Gasteiger partial charge in [-0.15, -0.1) is 0 Å². The van der Waals surface area contributed by atoms with E-state index in [0.717, 1.165) is 36.1 Å². The van der Waals surface area contributed by atoms with E-state index in [1.165, 1.54) is 0 Å². The van der Waals surface area contributed by atoms with Crippen LogP contribution in [0, 0.1) is 6.92 Å². The van der Waals surface area contributed by atoms with Crippen LogP contribution in [0.15, 0.2) is 48.7 Å². The Kier molecular flexibility index (Phi) is 5.79. The number of anilines is 1. The molecule has 1 aromatic carbocycles. The number of amides is 1. The highest BCUT2D eigenvalue weighted by atomic mass is 16.5. The van der Waals surface area contributed by atoms with Gasteiger partial charge in [-0.2, -0.15) is 0 Å². The summed E-state index contributed by atoms with van der Waals surface area (Å²) in [5.41, 5.74) is 3.37. The summed E-state index contributed by atoms with van der Waals surface area (Å²) in [5, 5.41) is 2.90. The van der Waals surface area contributed by atoms with E-state index in [-0.39, 0.29) is 5.91 Å². The lowest BCUT2D eigenvalue weighted by Gasteiger charge is -2.10. The van der Waals surface area contributed by atoms with Crippen molar-refractivity contribution >= 4 is 22.6 Å². The lowest BCUT2D eigenvalue weighted by atomic mass is 10.1. The largest absolute Gasteiger partial charge is 0.494 e. The summed E-state index contributed by atoms with van der Waals surface area (Å²) in [7, 11) is 0. The molecule has 0 aliphatic rings. The number of ether oxygens (including phenoxy) is 1. The molecule has 0 aliphatic carbocycles. The molecule has 5 heteroatoms. The topological polar surface area (TPSA) is 64.1 Å². The van der Waals surface area contributed by atoms with Crippen LogP contribution in [-0.4, -0.2) is 22.5 Å². The maximum Gasteiger partial charge on any atom is 0.274 e. The number of unbranched alkanes of at least 4 members (excludes halogenated alkanes) is 2. The number of benzene rings is 1. The molecule has 3 aromatic rings. The van der Waals surface area contributed by atoms with Gasteiger partial charge in [-0.05, 0) is 49.2 Å². The van der Waals surface area contributed by atoms with Gasteiger partial charge < -0.3 is 10.1 Å². The van der Waals surface area contributed by atoms with Gasteiger partial charge in [0.1, 0.15) is 11.4 Å². The van der Waals surface area contributed by atoms with Crippen LogP contribution >= 0.6 is 0 Å². The molecular weight excluding hydrogens is 326 g/mol. The van der Waals surface area contributed by atoms with Gasteiger partial charge in [0.2, 0.25) is 0 Å². The first kappa shape index (κ1) is 17.9. The van der Waals surface area contributed by atoms with E-state index in [1.54, 1.807) is 6.20 Å². The van der Waals surface area contributed by atoms with Crippen LogP contribution in [0.3, 0.4) is 0 Å². The molecule has 0 saturated heterocycles. The standard InChI is InChI=1S/C21H23N3O2/c1-3-4-5-12-26-17-9-6-8-16(14-17)23-21(25)20-15(2)13-19-18(24-20)10-7-11-22-19/h6-11,13-14H,3-5,12H2,1-2H3,(H,23,25). The second-order valence-corrected chi connectivity index (χ2v) is 6.23. The maximum absolute atomic E-state index is 12.7. The minimum absolute atomic E-state index is 0.239. The van der Waals surface area contributed by atoms with Crippen molar-refractivity contribution in [3.8, 4) is 5.75 Å². The summed E-state index contributed by atoms with van der Waals surface area (Å²) < 4.78 is 5.74. The van der Waals surface area contributed by atoms with Crippen LogP contribution in [0.2, 0.25) is 0 Å². The zero-order valence-corrected chi connectivity index (χ0v) is 15.2. The van der Waals surface area contributed by atoms with Crippen LogP contribution < -0.4 is 10.1 Å². The zero-order valence-electron chi connectivity index (χ0n) is 15.2. The lowest BCUT2D eigenvalue weighted by Crippen LogP contribution is -2.15. The van der Waals surface area contributed by atoms with Crippen LogP contribution in [0.1, 0.15) is 42.2 Å². The van der Waals surface area contributed by atoms with E-state index in [2.05, 4.69) is 22.2 Å². The number of aryl methyl sites for hydroxylation is 1. The lowest BCUT2D eigenvalue weighted by molar-refractivity contribution is 0.102. The van der Waals surface area contributed by atoms with Crippen molar-refractivity contribution in [2.75, 3.05) is 11.9 Å². The Morgan fingerprint density at radius 1 is 1.12 bits per heavy atom. The van der Waals surface area contributed by atoms with Crippen LogP contribution in [-0.2, 0) is 0 Å². The van der Waals surface area contributed by atoms with Gasteiger partial charge in [0.05, 0.1) is 17.6 Å². The summed E-state index contributed by atoms with van der Waals surface area (Å²) in [4.78, 5) is 21.4. The highest BCUT2D eigenvalue weighted by Crippen LogP contribution is 2.20. The number of nitrogens with one attached hydrogen (secondary N) is 1. The third kappa shape index (κ3) is 4.36. The van der Waals surface area contributed by atoms with Gasteiger partial charge in [0.25, 0.3) is 5.91 Å². The molecule has 0 saturated carbocycles. The van der Waals surface area contributed by atoms with Crippen LogP contribution in [0.25, 0.3) is 11.0 Å². The number of rotatable bonds is 7. The first-order valence-electron chi connectivity index (χ1n) is 8.94. The van der Waals surface area contributed by atoms with Crippen molar-refractivity contribution in [2.45, 2.75) is 33.1 Å². The maximum atomic E-state index is 12.7. The predicted octanol–water partition coefficient (Wildman–Crippen LogP) is 4.76. The summed E-state index contributed by atoms with van der Waals surface area (Å²) in [5.74, 6) is 0.516. The van der Waals surface area contributed by atoms with E-state index >= 15 is 0 Å². The van der Waals surface area contributed by atoms with Crippen molar-refractivity contribution in [2.24, 2.45) is 0 Å². The van der Waals surface area contributed by atoms with E-state index < -0.39 is 0 Å². The number of carbonyl (C=O) groups excluding carboxylic acids is 1. The second-order valence-electron chi connectivity index (χ2n) is 6.23. The van der Waals surface area contributed by atoms with E-state index in [0.29, 0.717) is 23.5 Å². The van der Waals surface area contributed by atoms with Crippen molar-refractivity contribution in [3.05, 3.63) is 59.9 Å². The summed E-state index contributed by atoms with van der Waals surface area (Å²) >= 11 is 0. The Morgan fingerprint density at radius 3 is 2.85 bits per heavy atom. The number of carbonyl (C=O) groups is 1. The minimum Gasteiger partial charge on any atom is -0.494 e. The molecule has 3 rings (SSSR count). The number of pyridine rings is 2. The van der Waals surface area contributed by atoms with Gasteiger partial charge in [-0.25, -0.2) is 4.98 Å². The molecule has 2 heterocycles. The molecule has 5 nitrogen and oxygen atoms in total. The molecule has 0 radical (unpaired) electrons. The monoisotopic (exact) mass is 349 g/mol. The van der Waals surface area contributed by atoms with Crippen molar-refractivity contribution in [1.29, 1.82) is 0 Å². The second kappa shape index (κ2) is 8.43. The van der Waals surface area contributed by atoms with E-state index in [4.69, 9.17) is 4.74 Å². The highest BCUT2D eigenvalue weighted by molar-refractivity contribution is 6.05. The number of aromatic nitrogens is 2. The van der Waals surface area contributed by atoms with Gasteiger partial charge in [0.15, 0.2) is 0 Å². The Morgan fingerprint density at radius 2 is 2.00 bits per heavy atom. The minimum atomic E-state index is -0.239. The molecule has 0 unspecified atom stereocenters. The molecule has 0 fully saturated rings. The number of hydrogen-bond acceptors (Lipinski definition) is 4. The molecular formula is C21H23N3O2. The van der Waals surface area contributed by atoms with Gasteiger partial charge in [-0.1, -0.05) is 25.8 Å². The number of fused-ring (bicyclic) bond motifs is 1. The van der Waals surface area contributed by atoms with Gasteiger partial charge in [-0.3, -0.25) is 9.78 Å². The first-order chi connectivity index (χ1) is 12.7. The molecule has 0 atom stereocenters. The van der Waals surface area contributed by atoms with Crippen molar-refractivity contribution in [3.63, 3.8) is 0 Å². The van der Waals surface area contributed by atoms with E-state index in [9.17, 15) is 4.79 Å². The quantitative estimate of drug-likeness (QED) is 0.625. The third-order valence-electron chi connectivity index (χ3n) is 4.10. The Hall–Kier alpha value is -2.95. The molecule has 2 aromatic heterocycles. The van der Waals surface area contributed by atoms with Crippen molar-refractivity contribution < 1.29 is 9.53 Å². The average molecular weight is 349 g/mol. The highest BCUT2D eigenvalue weighted by Gasteiger charge is 2.13. The zero-order chi connectivity index (χ0) is 18.4.